The summed E-state index contributed by atoms with van der Waals surface area (Å²) in [7, 11) is 1.54. The SMILES string of the molecule is COC1(OCc2cn3cccc(C)c3n2)C=CC=CC1C=O. The standard InChI is InChI=1S/C17H18N2O3/c1-13-6-5-9-19-10-15(18-16(13)19)12-22-17(21-2)8-4-3-7-14(17)11-20/h3-11,14H,12H2,1-2H3. The Kier molecular flexibility index (Phi) is 3.92. The average Bonchev–Trinajstić information content (AvgIpc) is 2.98. The predicted octanol–water partition coefficient (Wildman–Crippen LogP) is 2.44. The Morgan fingerprint density at radius 2 is 2.32 bits per heavy atom. The molecule has 0 spiro atoms. The van der Waals surface area contributed by atoms with Gasteiger partial charge in [-0.05, 0) is 24.6 Å². The quantitative estimate of drug-likeness (QED) is 0.628. The number of allylic oxidation sites excluding steroid dienone is 2. The molecule has 1 aliphatic rings. The molecule has 0 saturated carbocycles. The third kappa shape index (κ3) is 2.49. The molecule has 3 rings (SSSR count). The van der Waals surface area contributed by atoms with Crippen molar-refractivity contribution in [3.05, 3.63) is 60.1 Å². The molecule has 114 valence electrons. The van der Waals surface area contributed by atoms with Gasteiger partial charge >= 0.3 is 0 Å². The second-order valence-electron chi connectivity index (χ2n) is 5.27. The number of fused-ring (bicyclic) bond motifs is 1. The lowest BCUT2D eigenvalue weighted by atomic mass is 9.95. The van der Waals surface area contributed by atoms with Crippen LogP contribution in [-0.4, -0.2) is 28.6 Å². The number of carbonyl (C=O) groups is 1. The lowest BCUT2D eigenvalue weighted by Gasteiger charge is -2.33. The zero-order chi connectivity index (χ0) is 15.6. The molecule has 0 amide bonds. The molecule has 5 nitrogen and oxygen atoms in total. The van der Waals surface area contributed by atoms with Crippen LogP contribution in [0.2, 0.25) is 0 Å². The first-order chi connectivity index (χ1) is 10.7. The van der Waals surface area contributed by atoms with Crippen molar-refractivity contribution in [1.82, 2.24) is 9.38 Å². The van der Waals surface area contributed by atoms with Gasteiger partial charge in [0.25, 0.3) is 0 Å². The first-order valence-corrected chi connectivity index (χ1v) is 7.12. The van der Waals surface area contributed by atoms with Gasteiger partial charge in [-0.1, -0.05) is 24.3 Å². The molecule has 0 fully saturated rings. The summed E-state index contributed by atoms with van der Waals surface area (Å²) in [6.45, 7) is 2.28. The number of imidazole rings is 1. The minimum atomic E-state index is -1.07. The Labute approximate surface area is 128 Å². The lowest BCUT2D eigenvalue weighted by molar-refractivity contribution is -0.214. The number of pyridine rings is 1. The molecule has 0 N–H and O–H groups in total. The molecular weight excluding hydrogens is 280 g/mol. The number of ether oxygens (including phenoxy) is 2. The maximum Gasteiger partial charge on any atom is 0.201 e. The Hall–Kier alpha value is -2.24. The molecule has 2 aromatic rings. The van der Waals surface area contributed by atoms with Crippen LogP contribution in [0.25, 0.3) is 5.65 Å². The van der Waals surface area contributed by atoms with E-state index in [1.807, 2.05) is 48.0 Å². The van der Waals surface area contributed by atoms with Crippen LogP contribution < -0.4 is 0 Å². The van der Waals surface area contributed by atoms with Crippen LogP contribution in [0, 0.1) is 12.8 Å². The van der Waals surface area contributed by atoms with E-state index in [1.54, 1.807) is 12.2 Å². The predicted molar refractivity (Wildman–Crippen MR) is 82.3 cm³/mol. The van der Waals surface area contributed by atoms with Crippen LogP contribution in [0.3, 0.4) is 0 Å². The van der Waals surface area contributed by atoms with Gasteiger partial charge in [0.2, 0.25) is 5.79 Å². The van der Waals surface area contributed by atoms with Gasteiger partial charge in [-0.2, -0.15) is 0 Å². The van der Waals surface area contributed by atoms with Crippen molar-refractivity contribution in [2.24, 2.45) is 5.92 Å². The molecular formula is C17H18N2O3. The van der Waals surface area contributed by atoms with E-state index in [0.717, 1.165) is 23.2 Å². The summed E-state index contributed by atoms with van der Waals surface area (Å²) in [5.41, 5.74) is 2.79. The highest BCUT2D eigenvalue weighted by atomic mass is 16.7. The van der Waals surface area contributed by atoms with Crippen molar-refractivity contribution in [1.29, 1.82) is 0 Å². The summed E-state index contributed by atoms with van der Waals surface area (Å²) in [4.78, 5) is 15.8. The maximum atomic E-state index is 11.3. The van der Waals surface area contributed by atoms with E-state index in [2.05, 4.69) is 4.98 Å². The van der Waals surface area contributed by atoms with Crippen LogP contribution in [0.5, 0.6) is 0 Å². The Balaban J connectivity index is 1.83. The number of carbonyl (C=O) groups excluding carboxylic acids is 1. The summed E-state index contributed by atoms with van der Waals surface area (Å²) in [5.74, 6) is -1.54. The molecule has 0 radical (unpaired) electrons. The van der Waals surface area contributed by atoms with Crippen LogP contribution in [0.1, 0.15) is 11.3 Å². The van der Waals surface area contributed by atoms with Crippen LogP contribution in [0.15, 0.2) is 48.8 Å². The number of aryl methyl sites for hydroxylation is 1. The van der Waals surface area contributed by atoms with Crippen molar-refractivity contribution in [2.75, 3.05) is 7.11 Å². The second kappa shape index (κ2) is 5.87. The highest BCUT2D eigenvalue weighted by molar-refractivity contribution is 5.60. The van der Waals surface area contributed by atoms with E-state index in [4.69, 9.17) is 9.47 Å². The normalized spacial score (nSPS) is 24.0. The van der Waals surface area contributed by atoms with Crippen molar-refractivity contribution < 1.29 is 14.3 Å². The van der Waals surface area contributed by atoms with E-state index < -0.39 is 11.7 Å². The summed E-state index contributed by atoms with van der Waals surface area (Å²) < 4.78 is 13.3. The van der Waals surface area contributed by atoms with Crippen molar-refractivity contribution in [3.8, 4) is 0 Å². The number of hydrogen-bond acceptors (Lipinski definition) is 4. The van der Waals surface area contributed by atoms with E-state index in [-0.39, 0.29) is 6.61 Å². The molecule has 0 bridgehead atoms. The second-order valence-corrected chi connectivity index (χ2v) is 5.27. The van der Waals surface area contributed by atoms with Gasteiger partial charge < -0.3 is 18.7 Å². The fraction of sp³-hybridized carbons (Fsp3) is 0.294. The molecule has 5 heteroatoms. The highest BCUT2D eigenvalue weighted by Crippen LogP contribution is 2.29. The average molecular weight is 298 g/mol. The largest absolute Gasteiger partial charge is 0.349 e. The minimum Gasteiger partial charge on any atom is -0.349 e. The van der Waals surface area contributed by atoms with E-state index in [9.17, 15) is 4.79 Å². The number of nitrogens with zero attached hydrogens (tertiary/aromatic N) is 2. The number of hydrogen-bond donors (Lipinski definition) is 0. The Morgan fingerprint density at radius 1 is 1.45 bits per heavy atom. The zero-order valence-corrected chi connectivity index (χ0v) is 12.6. The molecule has 0 aromatic carbocycles. The highest BCUT2D eigenvalue weighted by Gasteiger charge is 2.37. The van der Waals surface area contributed by atoms with Gasteiger partial charge in [-0.25, -0.2) is 4.98 Å². The maximum absolute atomic E-state index is 11.3. The number of aldehydes is 1. The van der Waals surface area contributed by atoms with Crippen LogP contribution in [-0.2, 0) is 20.9 Å². The molecule has 22 heavy (non-hydrogen) atoms. The van der Waals surface area contributed by atoms with Gasteiger partial charge in [-0.15, -0.1) is 0 Å². The summed E-state index contributed by atoms with van der Waals surface area (Å²) in [5, 5.41) is 0. The Bertz CT molecular complexity index is 747. The third-order valence-electron chi connectivity index (χ3n) is 3.86. The number of rotatable bonds is 5. The number of methoxy groups -OCH3 is 1. The summed E-state index contributed by atoms with van der Waals surface area (Å²) in [6.07, 6.45) is 11.9. The zero-order valence-electron chi connectivity index (χ0n) is 12.6. The van der Waals surface area contributed by atoms with Crippen molar-refractivity contribution in [3.63, 3.8) is 0 Å². The molecule has 2 atom stereocenters. The molecule has 0 aliphatic heterocycles. The Morgan fingerprint density at radius 3 is 3.05 bits per heavy atom. The van der Waals surface area contributed by atoms with Gasteiger partial charge in [0.05, 0.1) is 18.2 Å². The first kappa shape index (κ1) is 14.7. The first-order valence-electron chi connectivity index (χ1n) is 7.12. The lowest BCUT2D eigenvalue weighted by Crippen LogP contribution is -2.42. The van der Waals surface area contributed by atoms with Crippen molar-refractivity contribution in [2.45, 2.75) is 19.3 Å². The smallest absolute Gasteiger partial charge is 0.201 e. The minimum absolute atomic E-state index is 0.261. The van der Waals surface area contributed by atoms with Crippen LogP contribution >= 0.6 is 0 Å². The number of aromatic nitrogens is 2. The van der Waals surface area contributed by atoms with E-state index in [1.165, 1.54) is 7.11 Å². The molecule has 2 aromatic heterocycles. The monoisotopic (exact) mass is 298 g/mol. The fourth-order valence-corrected chi connectivity index (χ4v) is 2.63. The van der Waals surface area contributed by atoms with Crippen molar-refractivity contribution >= 4 is 11.9 Å². The fourth-order valence-electron chi connectivity index (χ4n) is 2.63. The molecule has 2 unspecified atom stereocenters. The molecule has 0 saturated heterocycles. The van der Waals surface area contributed by atoms with E-state index >= 15 is 0 Å². The van der Waals surface area contributed by atoms with Gasteiger partial charge in [0.1, 0.15) is 11.9 Å². The van der Waals surface area contributed by atoms with Gasteiger partial charge in [0, 0.05) is 19.5 Å². The van der Waals surface area contributed by atoms with Gasteiger partial charge in [0.15, 0.2) is 0 Å². The summed E-state index contributed by atoms with van der Waals surface area (Å²) in [6, 6.07) is 3.99. The van der Waals surface area contributed by atoms with Crippen LogP contribution in [0.4, 0.5) is 0 Å². The van der Waals surface area contributed by atoms with E-state index in [0.29, 0.717) is 0 Å². The molecule has 2 heterocycles. The summed E-state index contributed by atoms with van der Waals surface area (Å²) >= 11 is 0. The topological polar surface area (TPSA) is 52.8 Å². The van der Waals surface area contributed by atoms with Gasteiger partial charge in [-0.3, -0.25) is 0 Å². The molecule has 1 aliphatic carbocycles. The third-order valence-corrected chi connectivity index (χ3v) is 3.86.